The van der Waals surface area contributed by atoms with Gasteiger partial charge in [-0.2, -0.15) is 0 Å². The molecule has 0 spiro atoms. The van der Waals surface area contributed by atoms with Crippen LogP contribution in [0.5, 0.6) is 0 Å². The summed E-state index contributed by atoms with van der Waals surface area (Å²) in [5.74, 6) is 0.481. The number of benzene rings is 1. The normalized spacial score (nSPS) is 17.7. The third-order valence-corrected chi connectivity index (χ3v) is 4.99. The van der Waals surface area contributed by atoms with Gasteiger partial charge in [-0.15, -0.1) is 11.6 Å². The third-order valence-electron chi connectivity index (χ3n) is 4.68. The number of amides is 1. The molecule has 0 unspecified atom stereocenters. The van der Waals surface area contributed by atoms with Crippen LogP contribution < -0.4 is 5.32 Å². The van der Waals surface area contributed by atoms with E-state index >= 15 is 0 Å². The largest absolute Gasteiger partial charge is 0.350 e. The van der Waals surface area contributed by atoms with Gasteiger partial charge >= 0.3 is 0 Å². The zero-order chi connectivity index (χ0) is 15.3. The Morgan fingerprint density at radius 3 is 2.33 bits per heavy atom. The number of alkyl halides is 1. The van der Waals surface area contributed by atoms with E-state index in [1.165, 1.54) is 19.3 Å². The maximum Gasteiger partial charge on any atom is 0.251 e. The monoisotopic (exact) mass is 308 g/mol. The SMILES string of the molecule is CN(C)C1(CNC(=O)c2ccc(CCl)cc2)CCCCC1. The zero-order valence-corrected chi connectivity index (χ0v) is 13.7. The number of hydrogen-bond donors (Lipinski definition) is 1. The van der Waals surface area contributed by atoms with E-state index in [0.717, 1.165) is 24.9 Å². The molecule has 2 rings (SSSR count). The van der Waals surface area contributed by atoms with Crippen LogP contribution in [0.3, 0.4) is 0 Å². The van der Waals surface area contributed by atoms with Gasteiger partial charge in [0.2, 0.25) is 0 Å². The number of rotatable bonds is 5. The molecule has 1 aliphatic rings. The van der Waals surface area contributed by atoms with Gasteiger partial charge < -0.3 is 10.2 Å². The quantitative estimate of drug-likeness (QED) is 0.845. The minimum atomic E-state index is 0.00270. The molecule has 0 heterocycles. The lowest BCUT2D eigenvalue weighted by Crippen LogP contribution is -2.53. The van der Waals surface area contributed by atoms with Gasteiger partial charge in [0.05, 0.1) is 0 Å². The Labute approximate surface area is 132 Å². The van der Waals surface area contributed by atoms with Crippen LogP contribution in [0.15, 0.2) is 24.3 Å². The minimum Gasteiger partial charge on any atom is -0.350 e. The summed E-state index contributed by atoms with van der Waals surface area (Å²) in [4.78, 5) is 14.6. The molecule has 1 saturated carbocycles. The van der Waals surface area contributed by atoms with Crippen LogP contribution in [0, 0.1) is 0 Å². The van der Waals surface area contributed by atoms with Gasteiger partial charge in [0.1, 0.15) is 0 Å². The van der Waals surface area contributed by atoms with Crippen molar-refractivity contribution in [1.82, 2.24) is 10.2 Å². The van der Waals surface area contributed by atoms with Crippen LogP contribution >= 0.6 is 11.6 Å². The highest BCUT2D eigenvalue weighted by Gasteiger charge is 2.34. The van der Waals surface area contributed by atoms with Crippen molar-refractivity contribution in [2.45, 2.75) is 43.5 Å². The highest BCUT2D eigenvalue weighted by Crippen LogP contribution is 2.31. The van der Waals surface area contributed by atoms with Gasteiger partial charge in [-0.25, -0.2) is 0 Å². The average molecular weight is 309 g/mol. The first-order valence-corrected chi connectivity index (χ1v) is 8.21. The summed E-state index contributed by atoms with van der Waals surface area (Å²) in [6, 6.07) is 7.50. The maximum atomic E-state index is 12.3. The molecule has 0 saturated heterocycles. The summed E-state index contributed by atoms with van der Waals surface area (Å²) < 4.78 is 0. The first-order chi connectivity index (χ1) is 10.1. The average Bonchev–Trinajstić information content (AvgIpc) is 2.53. The summed E-state index contributed by atoms with van der Waals surface area (Å²) in [6.45, 7) is 0.718. The third kappa shape index (κ3) is 3.98. The standard InChI is InChI=1S/C17H25ClN2O/c1-20(2)17(10-4-3-5-11-17)13-19-16(21)15-8-6-14(12-18)7-9-15/h6-9H,3-5,10-13H2,1-2H3,(H,19,21). The fourth-order valence-corrected chi connectivity index (χ4v) is 3.26. The predicted octanol–water partition coefficient (Wildman–Crippen LogP) is 3.42. The molecule has 21 heavy (non-hydrogen) atoms. The van der Waals surface area contributed by atoms with Gasteiger partial charge in [0.15, 0.2) is 0 Å². The number of likely N-dealkylation sites (N-methyl/N-ethyl adjacent to an activating group) is 1. The lowest BCUT2D eigenvalue weighted by Gasteiger charge is -2.43. The Morgan fingerprint density at radius 1 is 1.19 bits per heavy atom. The smallest absolute Gasteiger partial charge is 0.251 e. The number of carbonyl (C=O) groups excluding carboxylic acids is 1. The number of halogens is 1. The topological polar surface area (TPSA) is 32.3 Å². The fourth-order valence-electron chi connectivity index (χ4n) is 3.08. The van der Waals surface area contributed by atoms with Crippen molar-refractivity contribution in [1.29, 1.82) is 0 Å². The second-order valence-electron chi connectivity index (χ2n) is 6.19. The predicted molar refractivity (Wildman–Crippen MR) is 87.8 cm³/mol. The zero-order valence-electron chi connectivity index (χ0n) is 13.0. The molecule has 0 radical (unpaired) electrons. The first-order valence-electron chi connectivity index (χ1n) is 7.68. The Kier molecular flexibility index (Phi) is 5.65. The number of nitrogens with one attached hydrogen (secondary N) is 1. The van der Waals surface area contributed by atoms with Crippen LogP contribution in [0.2, 0.25) is 0 Å². The molecule has 1 fully saturated rings. The van der Waals surface area contributed by atoms with Crippen LogP contribution in [0.1, 0.15) is 48.0 Å². The van der Waals surface area contributed by atoms with Gasteiger partial charge in [-0.1, -0.05) is 31.4 Å². The fraction of sp³-hybridized carbons (Fsp3) is 0.588. The van der Waals surface area contributed by atoms with Crippen LogP contribution in [0.4, 0.5) is 0 Å². The Hall–Kier alpha value is -1.06. The molecule has 1 aromatic rings. The molecule has 1 amide bonds. The van der Waals surface area contributed by atoms with Crippen molar-refractivity contribution in [2.75, 3.05) is 20.6 Å². The van der Waals surface area contributed by atoms with Crippen molar-refractivity contribution < 1.29 is 4.79 Å². The van der Waals surface area contributed by atoms with Crippen molar-refractivity contribution in [3.63, 3.8) is 0 Å². The van der Waals surface area contributed by atoms with E-state index in [0.29, 0.717) is 11.4 Å². The summed E-state index contributed by atoms with van der Waals surface area (Å²) in [5, 5.41) is 3.11. The van der Waals surface area contributed by atoms with Gasteiger partial charge in [-0.3, -0.25) is 4.79 Å². The number of nitrogens with zero attached hydrogens (tertiary/aromatic N) is 1. The lowest BCUT2D eigenvalue weighted by molar-refractivity contribution is 0.0799. The van der Waals surface area contributed by atoms with E-state index in [1.54, 1.807) is 0 Å². The molecule has 1 aromatic carbocycles. The van der Waals surface area contributed by atoms with E-state index in [2.05, 4.69) is 24.3 Å². The number of carbonyl (C=O) groups is 1. The molecule has 0 atom stereocenters. The second kappa shape index (κ2) is 7.28. The Bertz CT molecular complexity index is 464. The van der Waals surface area contributed by atoms with E-state index in [-0.39, 0.29) is 11.4 Å². The maximum absolute atomic E-state index is 12.3. The Balaban J connectivity index is 1.98. The molecule has 4 heteroatoms. The summed E-state index contributed by atoms with van der Waals surface area (Å²) in [7, 11) is 4.24. The summed E-state index contributed by atoms with van der Waals surface area (Å²) in [6.07, 6.45) is 6.12. The lowest BCUT2D eigenvalue weighted by atomic mass is 9.80. The van der Waals surface area contributed by atoms with Gasteiger partial charge in [-0.05, 0) is 44.6 Å². The van der Waals surface area contributed by atoms with Gasteiger partial charge in [0.25, 0.3) is 5.91 Å². The molecule has 0 bridgehead atoms. The number of hydrogen-bond acceptors (Lipinski definition) is 2. The summed E-state index contributed by atoms with van der Waals surface area (Å²) >= 11 is 5.77. The summed E-state index contributed by atoms with van der Waals surface area (Å²) in [5.41, 5.74) is 1.85. The highest BCUT2D eigenvalue weighted by molar-refractivity contribution is 6.17. The minimum absolute atomic E-state index is 0.00270. The van der Waals surface area contributed by atoms with Crippen LogP contribution in [-0.4, -0.2) is 37.0 Å². The van der Waals surface area contributed by atoms with E-state index in [1.807, 2.05) is 24.3 Å². The van der Waals surface area contributed by atoms with Crippen molar-refractivity contribution in [3.8, 4) is 0 Å². The van der Waals surface area contributed by atoms with E-state index in [4.69, 9.17) is 11.6 Å². The van der Waals surface area contributed by atoms with Crippen molar-refractivity contribution >= 4 is 17.5 Å². The molecular weight excluding hydrogens is 284 g/mol. The second-order valence-corrected chi connectivity index (χ2v) is 6.46. The molecule has 1 N–H and O–H groups in total. The molecule has 0 aliphatic heterocycles. The molecule has 116 valence electrons. The first kappa shape index (κ1) is 16.3. The molecule has 0 aromatic heterocycles. The van der Waals surface area contributed by atoms with Gasteiger partial charge in [0, 0.05) is 23.5 Å². The van der Waals surface area contributed by atoms with E-state index in [9.17, 15) is 4.79 Å². The Morgan fingerprint density at radius 2 is 1.81 bits per heavy atom. The molecular formula is C17H25ClN2O. The van der Waals surface area contributed by atoms with E-state index < -0.39 is 0 Å². The van der Waals surface area contributed by atoms with Crippen molar-refractivity contribution in [3.05, 3.63) is 35.4 Å². The highest BCUT2D eigenvalue weighted by atomic mass is 35.5. The molecule has 3 nitrogen and oxygen atoms in total. The van der Waals surface area contributed by atoms with Crippen LogP contribution in [-0.2, 0) is 5.88 Å². The van der Waals surface area contributed by atoms with Crippen LogP contribution in [0.25, 0.3) is 0 Å². The van der Waals surface area contributed by atoms with Crippen molar-refractivity contribution in [2.24, 2.45) is 0 Å². The molecule has 1 aliphatic carbocycles.